The van der Waals surface area contributed by atoms with Gasteiger partial charge < -0.3 is 4.74 Å². The lowest BCUT2D eigenvalue weighted by atomic mass is 9.65. The van der Waals surface area contributed by atoms with Crippen LogP contribution < -0.4 is 0 Å². The van der Waals surface area contributed by atoms with E-state index in [9.17, 15) is 22.4 Å². The topological polar surface area (TPSA) is 26.3 Å². The summed E-state index contributed by atoms with van der Waals surface area (Å²) in [6.45, 7) is 7.55. The molecule has 4 rings (SSSR count). The molecule has 6 heteroatoms. The molecule has 9 unspecified atom stereocenters. The van der Waals surface area contributed by atoms with Crippen molar-refractivity contribution < 1.29 is 27.1 Å². The highest BCUT2D eigenvalue weighted by atomic mass is 19.3. The van der Waals surface area contributed by atoms with Crippen molar-refractivity contribution in [3.05, 3.63) is 0 Å². The van der Waals surface area contributed by atoms with E-state index in [2.05, 4.69) is 6.92 Å². The Hall–Kier alpha value is -0.810. The summed E-state index contributed by atoms with van der Waals surface area (Å²) in [5, 5.41) is 0. The van der Waals surface area contributed by atoms with Crippen LogP contribution in [0, 0.1) is 47.3 Å². The van der Waals surface area contributed by atoms with Crippen LogP contribution >= 0.6 is 0 Å². The smallest absolute Gasteiger partial charge is 0.309 e. The molecule has 0 saturated heterocycles. The number of carbonyl (C=O) groups excluding carboxylic acids is 1. The molecule has 0 aromatic carbocycles. The molecule has 170 valence electrons. The fourth-order valence-electron chi connectivity index (χ4n) is 6.83. The summed E-state index contributed by atoms with van der Waals surface area (Å²) in [6, 6.07) is 0. The maximum atomic E-state index is 14.8. The number of hydrogen-bond donors (Lipinski definition) is 0. The molecular formula is C23H38F4O2. The van der Waals surface area contributed by atoms with Crippen molar-refractivity contribution in [3.63, 3.8) is 0 Å². The van der Waals surface area contributed by atoms with Crippen LogP contribution in [0.4, 0.5) is 17.6 Å². The second-order valence-electron chi connectivity index (χ2n) is 10.2. The average Bonchev–Trinajstić information content (AvgIpc) is 3.35. The summed E-state index contributed by atoms with van der Waals surface area (Å²) in [5.74, 6) is 3.28. The van der Waals surface area contributed by atoms with E-state index in [4.69, 9.17) is 4.74 Å². The fraction of sp³-hybridized carbons (Fsp3) is 0.957. The van der Waals surface area contributed by atoms with Crippen molar-refractivity contribution in [1.29, 1.82) is 0 Å². The zero-order valence-electron chi connectivity index (χ0n) is 18.5. The summed E-state index contributed by atoms with van der Waals surface area (Å²) in [6.07, 6.45) is 4.97. The van der Waals surface area contributed by atoms with Crippen molar-refractivity contribution in [3.8, 4) is 0 Å². The van der Waals surface area contributed by atoms with Gasteiger partial charge in [0.25, 0.3) is 0 Å². The van der Waals surface area contributed by atoms with Gasteiger partial charge in [0.2, 0.25) is 6.93 Å². The van der Waals surface area contributed by atoms with Gasteiger partial charge in [-0.15, -0.1) is 0 Å². The average molecular weight is 423 g/mol. The maximum absolute atomic E-state index is 14.8. The van der Waals surface area contributed by atoms with Gasteiger partial charge in [-0.1, -0.05) is 6.92 Å². The molecule has 4 bridgehead atoms. The van der Waals surface area contributed by atoms with Gasteiger partial charge in [-0.25, -0.2) is 13.2 Å². The summed E-state index contributed by atoms with van der Waals surface area (Å²) in [4.78, 5) is 12.5. The summed E-state index contributed by atoms with van der Waals surface area (Å²) < 4.78 is 50.0. The molecule has 4 saturated carbocycles. The fourth-order valence-corrected chi connectivity index (χ4v) is 6.83. The van der Waals surface area contributed by atoms with Crippen molar-refractivity contribution in [1.82, 2.24) is 0 Å². The molecule has 0 aliphatic heterocycles. The van der Waals surface area contributed by atoms with Crippen molar-refractivity contribution >= 4 is 5.97 Å². The first kappa shape index (κ1) is 24.5. The van der Waals surface area contributed by atoms with Crippen LogP contribution in [0.25, 0.3) is 0 Å². The third-order valence-electron chi connectivity index (χ3n) is 7.51. The molecule has 4 fully saturated rings. The van der Waals surface area contributed by atoms with E-state index in [-0.39, 0.29) is 18.6 Å². The molecule has 0 N–H and O–H groups in total. The maximum Gasteiger partial charge on any atom is 0.309 e. The molecule has 0 radical (unpaired) electrons. The zero-order valence-corrected chi connectivity index (χ0v) is 18.5. The Labute approximate surface area is 173 Å². The van der Waals surface area contributed by atoms with Gasteiger partial charge in [0.15, 0.2) is 0 Å². The van der Waals surface area contributed by atoms with Crippen molar-refractivity contribution in [2.45, 2.75) is 78.5 Å². The Bertz CT molecular complexity index is 529. The molecule has 0 amide bonds. The molecule has 4 aliphatic carbocycles. The number of fused-ring (bicyclic) bond motifs is 4. The predicted molar refractivity (Wildman–Crippen MR) is 106 cm³/mol. The Morgan fingerprint density at radius 3 is 1.97 bits per heavy atom. The molecule has 0 aromatic rings. The Balaban J connectivity index is 0.000000449. The van der Waals surface area contributed by atoms with Crippen LogP contribution in [-0.2, 0) is 9.53 Å². The molecule has 0 heterocycles. The highest BCUT2D eigenvalue weighted by Crippen LogP contribution is 2.64. The minimum Gasteiger partial charge on any atom is -0.460 e. The second-order valence-corrected chi connectivity index (χ2v) is 10.2. The lowest BCUT2D eigenvalue weighted by Gasteiger charge is -2.41. The first-order valence-corrected chi connectivity index (χ1v) is 11.1. The van der Waals surface area contributed by atoms with Crippen LogP contribution in [-0.4, -0.2) is 31.3 Å². The van der Waals surface area contributed by atoms with E-state index >= 15 is 0 Å². The van der Waals surface area contributed by atoms with E-state index in [0.717, 1.165) is 25.7 Å². The Kier molecular flexibility index (Phi) is 8.43. The zero-order chi connectivity index (χ0) is 21.9. The number of halogens is 4. The van der Waals surface area contributed by atoms with E-state index in [0.29, 0.717) is 41.4 Å². The van der Waals surface area contributed by atoms with Crippen LogP contribution in [0.5, 0.6) is 0 Å². The van der Waals surface area contributed by atoms with Crippen LogP contribution in [0.2, 0.25) is 0 Å². The van der Waals surface area contributed by atoms with Crippen LogP contribution in [0.15, 0.2) is 0 Å². The number of ether oxygens (including phenoxy) is 1. The van der Waals surface area contributed by atoms with Gasteiger partial charge in [0.1, 0.15) is 11.8 Å². The van der Waals surface area contributed by atoms with Gasteiger partial charge in [-0.2, -0.15) is 0 Å². The molecule has 29 heavy (non-hydrogen) atoms. The van der Waals surface area contributed by atoms with Gasteiger partial charge in [-0.05, 0) is 101 Å². The first-order valence-electron chi connectivity index (χ1n) is 11.1. The summed E-state index contributed by atoms with van der Waals surface area (Å²) in [7, 11) is 0. The number of hydrogen-bond acceptors (Lipinski definition) is 2. The minimum absolute atomic E-state index is 0.0139. The van der Waals surface area contributed by atoms with Crippen molar-refractivity contribution in [2.75, 3.05) is 13.6 Å². The predicted octanol–water partition coefficient (Wildman–Crippen LogP) is 6.48. The van der Waals surface area contributed by atoms with Crippen LogP contribution in [0.3, 0.4) is 0 Å². The number of esters is 1. The molecule has 9 atom stereocenters. The quantitative estimate of drug-likeness (QED) is 0.376. The standard InChI is InChI=1S/C20H31FO2.C2H5F.CH2F2/c1-10-14-8-13(9-15(14)19(22)23-20(2,3)4)16(10)17-11-5-6-12(7-11)18(17)21;1-2-3;2-1-3/h10-18H,5-9H2,1-4H3;2H2,1H3;1H2. The Morgan fingerprint density at radius 2 is 1.52 bits per heavy atom. The first-order chi connectivity index (χ1) is 13.6. The highest BCUT2D eigenvalue weighted by Gasteiger charge is 2.61. The molecular weight excluding hydrogens is 384 g/mol. The minimum atomic E-state index is -1.75. The molecule has 2 nitrogen and oxygen atoms in total. The largest absolute Gasteiger partial charge is 0.460 e. The van der Waals surface area contributed by atoms with E-state index in [1.54, 1.807) is 0 Å². The van der Waals surface area contributed by atoms with Crippen LogP contribution in [0.1, 0.15) is 66.7 Å². The lowest BCUT2D eigenvalue weighted by Crippen LogP contribution is -2.41. The van der Waals surface area contributed by atoms with E-state index in [1.807, 2.05) is 20.8 Å². The third-order valence-corrected chi connectivity index (χ3v) is 7.51. The normalized spacial score (nSPS) is 42.0. The van der Waals surface area contributed by atoms with Gasteiger partial charge in [-0.3, -0.25) is 9.18 Å². The molecule has 4 aliphatic rings. The highest BCUT2D eigenvalue weighted by molar-refractivity contribution is 5.74. The van der Waals surface area contributed by atoms with E-state index < -0.39 is 18.7 Å². The third kappa shape index (κ3) is 5.28. The SMILES string of the molecule is CC1C2CC(CC2C(=O)OC(C)(C)C)C1C1C2CCC(C2)C1F.CCF.FCF. The number of alkyl halides is 4. The van der Waals surface area contributed by atoms with Gasteiger partial charge in [0.05, 0.1) is 12.6 Å². The van der Waals surface area contributed by atoms with Gasteiger partial charge in [0, 0.05) is 0 Å². The van der Waals surface area contributed by atoms with Gasteiger partial charge >= 0.3 is 5.97 Å². The molecule has 0 spiro atoms. The number of carbonyl (C=O) groups is 1. The summed E-state index contributed by atoms with van der Waals surface area (Å²) in [5.41, 5.74) is -0.407. The number of rotatable bonds is 2. The van der Waals surface area contributed by atoms with Crippen molar-refractivity contribution in [2.24, 2.45) is 47.3 Å². The second kappa shape index (κ2) is 10.00. The molecule has 0 aromatic heterocycles. The van der Waals surface area contributed by atoms with E-state index in [1.165, 1.54) is 13.3 Å². The Morgan fingerprint density at radius 1 is 0.966 bits per heavy atom. The summed E-state index contributed by atoms with van der Waals surface area (Å²) >= 11 is 0. The monoisotopic (exact) mass is 422 g/mol. The lowest BCUT2D eigenvalue weighted by molar-refractivity contribution is -0.163.